The quantitative estimate of drug-likeness (QED) is 0.379. The zero-order valence-electron chi connectivity index (χ0n) is 15.6. The normalized spacial score (nSPS) is 11.1. The average molecular weight is 462 g/mol. The summed E-state index contributed by atoms with van der Waals surface area (Å²) in [5.41, 5.74) is 2.78. The molecule has 9 heteroatoms. The summed E-state index contributed by atoms with van der Waals surface area (Å²) in [5, 5.41) is 0.672. The molecule has 4 rings (SSSR count). The number of aromatic nitrogens is 3. The molecule has 29 heavy (non-hydrogen) atoms. The lowest BCUT2D eigenvalue weighted by Gasteiger charge is -2.10. The van der Waals surface area contributed by atoms with Crippen molar-refractivity contribution in [3.8, 4) is 17.1 Å². The van der Waals surface area contributed by atoms with Crippen molar-refractivity contribution in [2.75, 3.05) is 6.61 Å². The van der Waals surface area contributed by atoms with Crippen LogP contribution in [0.1, 0.15) is 12.5 Å². The van der Waals surface area contributed by atoms with Gasteiger partial charge in [0.1, 0.15) is 16.1 Å². The number of thiazole rings is 1. The van der Waals surface area contributed by atoms with Gasteiger partial charge < -0.3 is 9.72 Å². The van der Waals surface area contributed by atoms with Crippen molar-refractivity contribution >= 4 is 57.7 Å². The van der Waals surface area contributed by atoms with Crippen LogP contribution in [0.3, 0.4) is 0 Å². The molecule has 0 fully saturated rings. The van der Waals surface area contributed by atoms with Crippen LogP contribution >= 0.6 is 47.4 Å². The topological polar surface area (TPSA) is 51.9 Å². The van der Waals surface area contributed by atoms with E-state index in [0.29, 0.717) is 36.4 Å². The highest BCUT2D eigenvalue weighted by Crippen LogP contribution is 2.26. The molecule has 2 aromatic carbocycles. The minimum absolute atomic E-state index is 0.214. The number of aryl methyl sites for hydroxylation is 1. The van der Waals surface area contributed by atoms with E-state index in [2.05, 4.69) is 4.98 Å². The Morgan fingerprint density at radius 1 is 1.10 bits per heavy atom. The molecule has 1 N–H and O–H groups in total. The largest absolute Gasteiger partial charge is 0.494 e. The van der Waals surface area contributed by atoms with Crippen molar-refractivity contribution in [1.82, 2.24) is 14.1 Å². The summed E-state index contributed by atoms with van der Waals surface area (Å²) in [5.74, 6) is 0.736. The van der Waals surface area contributed by atoms with Crippen LogP contribution in [0.15, 0.2) is 47.3 Å². The summed E-state index contributed by atoms with van der Waals surface area (Å²) in [7, 11) is 0. The standard InChI is InChI=1S/C20H16ClN3O2S3/c1-3-26-14-7-4-12(5-8-14)24-18(25)16-17(22-19(24)27)23(20(28)29-16)13-6-9-15(21)11(2)10-13/h4-10H,3H2,1-2H3,(H,22,27). The highest BCUT2D eigenvalue weighted by molar-refractivity contribution is 7.73. The number of hydrogen-bond donors (Lipinski definition) is 1. The zero-order valence-corrected chi connectivity index (χ0v) is 18.8. The van der Waals surface area contributed by atoms with Gasteiger partial charge >= 0.3 is 0 Å². The number of nitrogens with zero attached hydrogens (tertiary/aromatic N) is 2. The monoisotopic (exact) mass is 461 g/mol. The van der Waals surface area contributed by atoms with Crippen LogP contribution < -0.4 is 10.3 Å². The first-order valence-corrected chi connectivity index (χ1v) is 10.8. The summed E-state index contributed by atoms with van der Waals surface area (Å²) in [6, 6.07) is 12.8. The van der Waals surface area contributed by atoms with E-state index in [4.69, 9.17) is 40.8 Å². The Hall–Kier alpha value is -2.26. The van der Waals surface area contributed by atoms with E-state index in [1.165, 1.54) is 15.9 Å². The molecule has 2 aromatic heterocycles. The van der Waals surface area contributed by atoms with E-state index in [-0.39, 0.29) is 5.56 Å². The van der Waals surface area contributed by atoms with E-state index in [9.17, 15) is 4.79 Å². The summed E-state index contributed by atoms with van der Waals surface area (Å²) >= 11 is 18.5. The van der Waals surface area contributed by atoms with Crippen molar-refractivity contribution in [2.24, 2.45) is 0 Å². The van der Waals surface area contributed by atoms with E-state index >= 15 is 0 Å². The van der Waals surface area contributed by atoms with E-state index in [1.807, 2.05) is 48.7 Å². The van der Waals surface area contributed by atoms with Crippen LogP contribution in [0, 0.1) is 15.6 Å². The fraction of sp³-hybridized carbons (Fsp3) is 0.150. The third kappa shape index (κ3) is 3.57. The molecule has 0 saturated carbocycles. The number of H-pyrrole nitrogens is 1. The molecule has 0 bridgehead atoms. The minimum atomic E-state index is -0.214. The summed E-state index contributed by atoms with van der Waals surface area (Å²) in [6.07, 6.45) is 0. The Morgan fingerprint density at radius 2 is 1.79 bits per heavy atom. The van der Waals surface area contributed by atoms with Crippen LogP contribution in [0.2, 0.25) is 5.02 Å². The molecule has 0 aliphatic carbocycles. The Kier molecular flexibility index (Phi) is 5.44. The van der Waals surface area contributed by atoms with Gasteiger partial charge in [-0.2, -0.15) is 0 Å². The van der Waals surface area contributed by atoms with Crippen molar-refractivity contribution < 1.29 is 4.74 Å². The minimum Gasteiger partial charge on any atom is -0.494 e. The second-order valence-electron chi connectivity index (χ2n) is 6.31. The first-order valence-electron chi connectivity index (χ1n) is 8.81. The molecule has 0 radical (unpaired) electrons. The second-order valence-corrected chi connectivity index (χ2v) is 8.75. The highest BCUT2D eigenvalue weighted by Gasteiger charge is 2.15. The van der Waals surface area contributed by atoms with Crippen LogP contribution in [0.4, 0.5) is 0 Å². The van der Waals surface area contributed by atoms with Crippen molar-refractivity contribution in [2.45, 2.75) is 13.8 Å². The van der Waals surface area contributed by atoms with Crippen molar-refractivity contribution in [3.05, 3.63) is 72.1 Å². The fourth-order valence-corrected chi connectivity index (χ4v) is 4.81. The molecular formula is C20H16ClN3O2S3. The highest BCUT2D eigenvalue weighted by atomic mass is 35.5. The Morgan fingerprint density at radius 3 is 2.45 bits per heavy atom. The third-order valence-electron chi connectivity index (χ3n) is 4.44. The van der Waals surface area contributed by atoms with E-state index in [0.717, 1.165) is 17.0 Å². The lowest BCUT2D eigenvalue weighted by Crippen LogP contribution is -2.20. The molecule has 0 unspecified atom stereocenters. The molecule has 5 nitrogen and oxygen atoms in total. The summed E-state index contributed by atoms with van der Waals surface area (Å²) in [4.78, 5) is 16.4. The van der Waals surface area contributed by atoms with Crippen molar-refractivity contribution in [1.29, 1.82) is 0 Å². The molecule has 0 atom stereocenters. The molecule has 0 aliphatic rings. The van der Waals surface area contributed by atoms with Crippen LogP contribution in [0.25, 0.3) is 21.7 Å². The van der Waals surface area contributed by atoms with Crippen LogP contribution in [0.5, 0.6) is 5.75 Å². The fourth-order valence-electron chi connectivity index (χ4n) is 3.08. The molecule has 0 saturated heterocycles. The van der Waals surface area contributed by atoms with E-state index in [1.54, 1.807) is 12.1 Å². The molecule has 2 heterocycles. The smallest absolute Gasteiger partial charge is 0.278 e. The number of benzene rings is 2. The first-order chi connectivity index (χ1) is 13.9. The number of aromatic amines is 1. The maximum atomic E-state index is 13.3. The molecule has 0 aliphatic heterocycles. The van der Waals surface area contributed by atoms with Crippen LogP contribution in [-0.2, 0) is 0 Å². The summed E-state index contributed by atoms with van der Waals surface area (Å²) in [6.45, 7) is 4.42. The number of hydrogen-bond acceptors (Lipinski definition) is 5. The van der Waals surface area contributed by atoms with Gasteiger partial charge in [0.25, 0.3) is 5.56 Å². The summed E-state index contributed by atoms with van der Waals surface area (Å²) < 4.78 is 10.1. The second kappa shape index (κ2) is 7.87. The maximum Gasteiger partial charge on any atom is 0.278 e. The number of rotatable bonds is 4. The van der Waals surface area contributed by atoms with Gasteiger partial charge in [-0.1, -0.05) is 22.9 Å². The van der Waals surface area contributed by atoms with Crippen molar-refractivity contribution in [3.63, 3.8) is 0 Å². The Labute approximate surface area is 185 Å². The zero-order chi connectivity index (χ0) is 20.7. The number of nitrogens with one attached hydrogen (secondary N) is 1. The molecule has 4 aromatic rings. The molecule has 0 amide bonds. The van der Waals surface area contributed by atoms with Gasteiger partial charge in [-0.05, 0) is 86.3 Å². The Balaban J connectivity index is 1.93. The number of fused-ring (bicyclic) bond motifs is 1. The van der Waals surface area contributed by atoms with Gasteiger partial charge in [-0.25, -0.2) is 0 Å². The number of ether oxygens (including phenoxy) is 1. The predicted octanol–water partition coefficient (Wildman–Crippen LogP) is 5.99. The van der Waals surface area contributed by atoms with Gasteiger partial charge in [-0.3, -0.25) is 13.9 Å². The maximum absolute atomic E-state index is 13.3. The molecular weight excluding hydrogens is 446 g/mol. The van der Waals surface area contributed by atoms with Gasteiger partial charge in [0.05, 0.1) is 12.3 Å². The third-order valence-corrected chi connectivity index (χ3v) is 6.51. The SMILES string of the molecule is CCOc1ccc(-n2c(=S)[nH]c3c(sc(=S)n3-c3ccc(Cl)c(C)c3)c2=O)cc1. The lowest BCUT2D eigenvalue weighted by atomic mass is 10.2. The lowest BCUT2D eigenvalue weighted by molar-refractivity contribution is 0.340. The first kappa shape index (κ1) is 20.0. The molecule has 148 valence electrons. The predicted molar refractivity (Wildman–Crippen MR) is 124 cm³/mol. The van der Waals surface area contributed by atoms with Gasteiger partial charge in [0.15, 0.2) is 8.73 Å². The molecule has 0 spiro atoms. The Bertz CT molecular complexity index is 1400. The van der Waals surface area contributed by atoms with Gasteiger partial charge in [-0.15, -0.1) is 0 Å². The van der Waals surface area contributed by atoms with Crippen LogP contribution in [-0.4, -0.2) is 20.7 Å². The number of halogens is 1. The van der Waals surface area contributed by atoms with Gasteiger partial charge in [0, 0.05) is 10.7 Å². The van der Waals surface area contributed by atoms with E-state index < -0.39 is 0 Å². The van der Waals surface area contributed by atoms with Gasteiger partial charge in [0.2, 0.25) is 0 Å². The average Bonchev–Trinajstić information content (AvgIpc) is 3.02.